The minimum atomic E-state index is -3.95. The molecule has 0 unspecified atom stereocenters. The van der Waals surface area contributed by atoms with Crippen molar-refractivity contribution in [2.24, 2.45) is 22.7 Å². The summed E-state index contributed by atoms with van der Waals surface area (Å²) in [7, 11) is -3.95. The molecule has 2 heterocycles. The molecule has 1 saturated carbocycles. The molecule has 6 N–H and O–H groups in total. The van der Waals surface area contributed by atoms with Gasteiger partial charge in [-0.15, -0.1) is 10.2 Å². The summed E-state index contributed by atoms with van der Waals surface area (Å²) in [6.45, 7) is 3.45. The highest BCUT2D eigenvalue weighted by molar-refractivity contribution is 7.89. The van der Waals surface area contributed by atoms with Gasteiger partial charge >= 0.3 is 0 Å². The number of hydrogen-bond donors (Lipinski definition) is 4. The first-order chi connectivity index (χ1) is 14.8. The number of guanidine groups is 1. The van der Waals surface area contributed by atoms with Crippen LogP contribution < -0.4 is 10.9 Å². The van der Waals surface area contributed by atoms with E-state index in [2.05, 4.69) is 20.6 Å². The number of nitrogens with one attached hydrogen (secondary N) is 2. The number of sulfonamides is 1. The Morgan fingerprint density at radius 1 is 1.13 bits per heavy atom. The average molecular weight is 447 g/mol. The number of tetrazole rings is 1. The molecule has 1 aromatic heterocycles. The molecule has 168 valence electrons. The van der Waals surface area contributed by atoms with Crippen molar-refractivity contribution in [3.63, 3.8) is 0 Å². The molecule has 2 fully saturated rings. The molecule has 10 nitrogen and oxygen atoms in total. The van der Waals surface area contributed by atoms with Crippen molar-refractivity contribution in [2.75, 3.05) is 13.1 Å². The summed E-state index contributed by atoms with van der Waals surface area (Å²) in [5.74, 6) is 1.97. The molecule has 1 aliphatic heterocycles. The molecule has 2 aliphatic rings. The van der Waals surface area contributed by atoms with Crippen molar-refractivity contribution in [1.82, 2.24) is 25.5 Å². The van der Waals surface area contributed by atoms with Gasteiger partial charge in [-0.3, -0.25) is 5.41 Å². The number of aromatic amines is 1. The van der Waals surface area contributed by atoms with E-state index in [1.807, 2.05) is 17.0 Å². The maximum atomic E-state index is 12.4. The van der Waals surface area contributed by atoms with Crippen LogP contribution in [0.4, 0.5) is 0 Å². The van der Waals surface area contributed by atoms with E-state index in [9.17, 15) is 8.42 Å². The molecule has 1 aliphatic carbocycles. The summed E-state index contributed by atoms with van der Waals surface area (Å²) in [5.41, 5.74) is 7.61. The second-order valence-electron chi connectivity index (χ2n) is 8.78. The molecule has 0 spiro atoms. The van der Waals surface area contributed by atoms with Gasteiger partial charge in [-0.25, -0.2) is 13.6 Å². The Balaban J connectivity index is 1.55. The van der Waals surface area contributed by atoms with Crippen LogP contribution >= 0.6 is 0 Å². The van der Waals surface area contributed by atoms with Gasteiger partial charge in [0.2, 0.25) is 15.8 Å². The Morgan fingerprint density at radius 2 is 1.77 bits per heavy atom. The van der Waals surface area contributed by atoms with E-state index < -0.39 is 10.0 Å². The quantitative estimate of drug-likeness (QED) is 0.409. The van der Waals surface area contributed by atoms with Crippen molar-refractivity contribution in [3.05, 3.63) is 23.3 Å². The van der Waals surface area contributed by atoms with Crippen LogP contribution in [0.3, 0.4) is 0 Å². The number of aromatic nitrogens is 4. The SMILES string of the molecule is Cc1ccc(C2CCC(C3CCN(C(=N)N)CC3)CC2)c(-c2nn[nH]n2)c1S(N)(=O)=O. The highest BCUT2D eigenvalue weighted by Crippen LogP contribution is 2.45. The number of nitrogens with zero attached hydrogens (tertiary/aromatic N) is 4. The third-order valence-electron chi connectivity index (χ3n) is 7.00. The molecule has 4 rings (SSSR count). The van der Waals surface area contributed by atoms with E-state index in [4.69, 9.17) is 16.3 Å². The lowest BCUT2D eigenvalue weighted by Gasteiger charge is -2.39. The Morgan fingerprint density at radius 3 is 2.32 bits per heavy atom. The lowest BCUT2D eigenvalue weighted by atomic mass is 9.70. The first kappa shape index (κ1) is 21.7. The van der Waals surface area contributed by atoms with Crippen molar-refractivity contribution in [2.45, 2.75) is 56.3 Å². The summed E-state index contributed by atoms with van der Waals surface area (Å²) >= 11 is 0. The molecular formula is C20H30N8O2S. The minimum absolute atomic E-state index is 0.0881. The average Bonchev–Trinajstić information content (AvgIpc) is 3.27. The molecular weight excluding hydrogens is 416 g/mol. The molecule has 31 heavy (non-hydrogen) atoms. The van der Waals surface area contributed by atoms with Crippen LogP contribution in [0.15, 0.2) is 17.0 Å². The standard InChI is InChI=1S/C20H30N8O2S/c1-12-2-7-16(17(18(12)31(23,29)30)19-24-26-27-25-19)15-5-3-13(4-6-15)14-8-10-28(11-9-14)20(21)22/h2,7,13-15H,3-6,8-11H2,1H3,(H3,21,22)(H2,23,29,30)(H,24,25,26,27). The van der Waals surface area contributed by atoms with Crippen LogP contribution in [-0.4, -0.2) is 53.0 Å². The summed E-state index contributed by atoms with van der Waals surface area (Å²) in [4.78, 5) is 2.03. The van der Waals surface area contributed by atoms with Gasteiger partial charge in [0.25, 0.3) is 0 Å². The molecule has 1 aromatic carbocycles. The predicted molar refractivity (Wildman–Crippen MR) is 117 cm³/mol. The molecule has 0 atom stereocenters. The summed E-state index contributed by atoms with van der Waals surface area (Å²) in [6.07, 6.45) is 6.30. The van der Waals surface area contributed by atoms with Crippen LogP contribution in [0.1, 0.15) is 55.6 Å². The Labute approximate surface area is 182 Å². The van der Waals surface area contributed by atoms with E-state index in [0.29, 0.717) is 23.0 Å². The third-order valence-corrected chi connectivity index (χ3v) is 8.09. The number of hydrogen-bond acceptors (Lipinski definition) is 6. The number of likely N-dealkylation sites (tertiary alicyclic amines) is 1. The van der Waals surface area contributed by atoms with Crippen LogP contribution in [0.25, 0.3) is 11.4 Å². The van der Waals surface area contributed by atoms with Gasteiger partial charge in [0.1, 0.15) is 0 Å². The normalized spacial score (nSPS) is 23.1. The van der Waals surface area contributed by atoms with Gasteiger partial charge in [-0.05, 0) is 79.5 Å². The molecule has 0 radical (unpaired) electrons. The Kier molecular flexibility index (Phi) is 5.98. The van der Waals surface area contributed by atoms with Crippen LogP contribution in [-0.2, 0) is 10.0 Å². The number of aryl methyl sites for hydroxylation is 1. The van der Waals surface area contributed by atoms with Crippen LogP contribution in [0, 0.1) is 24.2 Å². The fourth-order valence-corrected chi connectivity index (χ4v) is 6.43. The summed E-state index contributed by atoms with van der Waals surface area (Å²) < 4.78 is 24.8. The van der Waals surface area contributed by atoms with E-state index in [1.54, 1.807) is 6.92 Å². The third kappa shape index (κ3) is 4.42. The first-order valence-corrected chi connectivity index (χ1v) is 12.3. The van der Waals surface area contributed by atoms with Gasteiger partial charge in [0.15, 0.2) is 5.96 Å². The number of piperidine rings is 1. The van der Waals surface area contributed by atoms with E-state index in [-0.39, 0.29) is 22.6 Å². The largest absolute Gasteiger partial charge is 0.370 e. The number of H-pyrrole nitrogens is 1. The van der Waals surface area contributed by atoms with Crippen molar-refractivity contribution < 1.29 is 8.42 Å². The summed E-state index contributed by atoms with van der Waals surface area (Å²) in [5, 5.41) is 27.4. The molecule has 11 heteroatoms. The monoisotopic (exact) mass is 446 g/mol. The fourth-order valence-electron chi connectivity index (χ4n) is 5.42. The van der Waals surface area contributed by atoms with Gasteiger partial charge in [-0.1, -0.05) is 12.1 Å². The summed E-state index contributed by atoms with van der Waals surface area (Å²) in [6, 6.07) is 3.81. The van der Waals surface area contributed by atoms with Crippen LogP contribution in [0.5, 0.6) is 0 Å². The number of primary sulfonamides is 1. The second-order valence-corrected chi connectivity index (χ2v) is 10.3. The lowest BCUT2D eigenvalue weighted by Crippen LogP contribution is -2.43. The number of rotatable bonds is 4. The van der Waals surface area contributed by atoms with Crippen molar-refractivity contribution in [1.29, 1.82) is 5.41 Å². The smallest absolute Gasteiger partial charge is 0.239 e. The molecule has 0 amide bonds. The zero-order chi connectivity index (χ0) is 22.2. The highest BCUT2D eigenvalue weighted by atomic mass is 32.2. The second kappa shape index (κ2) is 8.54. The van der Waals surface area contributed by atoms with E-state index >= 15 is 0 Å². The lowest BCUT2D eigenvalue weighted by molar-refractivity contribution is 0.158. The van der Waals surface area contributed by atoms with Gasteiger partial charge in [0, 0.05) is 18.7 Å². The van der Waals surface area contributed by atoms with E-state index in [0.717, 1.165) is 57.2 Å². The topological polar surface area (TPSA) is 168 Å². The molecule has 2 aromatic rings. The Hall–Kier alpha value is -2.53. The fraction of sp³-hybridized carbons (Fsp3) is 0.600. The van der Waals surface area contributed by atoms with E-state index in [1.165, 1.54) is 0 Å². The molecule has 1 saturated heterocycles. The van der Waals surface area contributed by atoms with Crippen LogP contribution in [0.2, 0.25) is 0 Å². The van der Waals surface area contributed by atoms with Gasteiger partial charge < -0.3 is 10.6 Å². The zero-order valence-electron chi connectivity index (χ0n) is 17.7. The maximum Gasteiger partial charge on any atom is 0.239 e. The maximum absolute atomic E-state index is 12.4. The number of nitrogens with two attached hydrogens (primary N) is 2. The molecule has 0 bridgehead atoms. The van der Waals surface area contributed by atoms with Crippen molar-refractivity contribution in [3.8, 4) is 11.4 Å². The highest BCUT2D eigenvalue weighted by Gasteiger charge is 2.33. The first-order valence-electron chi connectivity index (χ1n) is 10.7. The van der Waals surface area contributed by atoms with Gasteiger partial charge in [0.05, 0.1) is 4.90 Å². The van der Waals surface area contributed by atoms with Gasteiger partial charge in [-0.2, -0.15) is 5.21 Å². The van der Waals surface area contributed by atoms with Crippen molar-refractivity contribution >= 4 is 16.0 Å². The number of benzene rings is 1. The Bertz CT molecular complexity index is 1040. The predicted octanol–water partition coefficient (Wildman–Crippen LogP) is 1.70. The zero-order valence-corrected chi connectivity index (χ0v) is 18.5. The minimum Gasteiger partial charge on any atom is -0.370 e.